The molecule has 0 aliphatic carbocycles. The third-order valence-electron chi connectivity index (χ3n) is 2.74. The van der Waals surface area contributed by atoms with Crippen LogP contribution in [0.2, 0.25) is 0 Å². The number of aryl methyl sites for hydroxylation is 1. The molecule has 7 heteroatoms. The molecule has 96 valence electrons. The molecule has 3 heterocycles. The molecule has 1 aliphatic rings. The van der Waals surface area contributed by atoms with Gasteiger partial charge in [-0.05, 0) is 28.1 Å². The van der Waals surface area contributed by atoms with Crippen LogP contribution in [-0.4, -0.2) is 26.4 Å². The molecule has 0 saturated carbocycles. The molecule has 0 aromatic carbocycles. The number of anilines is 1. The van der Waals surface area contributed by atoms with Gasteiger partial charge in [0, 0.05) is 29.5 Å². The summed E-state index contributed by atoms with van der Waals surface area (Å²) in [5.41, 5.74) is 1.57. The van der Waals surface area contributed by atoms with Crippen LogP contribution in [0, 0.1) is 0 Å². The number of pyridine rings is 1. The zero-order valence-electron chi connectivity index (χ0n) is 10.1. The van der Waals surface area contributed by atoms with Crippen LogP contribution in [0.4, 0.5) is 5.82 Å². The Balaban J connectivity index is 1.93. The fraction of sp³-hybridized carbons (Fsp3) is 0.167. The first-order chi connectivity index (χ1) is 9.13. The van der Waals surface area contributed by atoms with Gasteiger partial charge in [-0.15, -0.1) is 0 Å². The highest BCUT2D eigenvalue weighted by Gasteiger charge is 2.27. The minimum absolute atomic E-state index is 0.0892. The van der Waals surface area contributed by atoms with Crippen molar-refractivity contribution in [2.45, 2.75) is 6.42 Å². The standard InChI is InChI=1S/C12H10BrN5O/c1-17-7-8(5-15-17)10-4-12(19)18(16-10)11-3-2-9(13)6-14-11/h2-3,5-7H,4H2,1H3. The first-order valence-corrected chi connectivity index (χ1v) is 6.44. The molecular formula is C12H10BrN5O. The lowest BCUT2D eigenvalue weighted by Crippen LogP contribution is -2.20. The smallest absolute Gasteiger partial charge is 0.254 e. The van der Waals surface area contributed by atoms with Crippen LogP contribution in [0.25, 0.3) is 0 Å². The average molecular weight is 320 g/mol. The SMILES string of the molecule is Cn1cc(C2=NN(c3ccc(Br)cn3)C(=O)C2)cn1. The van der Waals surface area contributed by atoms with Crippen LogP contribution >= 0.6 is 15.9 Å². The van der Waals surface area contributed by atoms with Gasteiger partial charge in [-0.2, -0.15) is 15.2 Å². The van der Waals surface area contributed by atoms with Gasteiger partial charge in [-0.25, -0.2) is 4.98 Å². The lowest BCUT2D eigenvalue weighted by atomic mass is 10.2. The topological polar surface area (TPSA) is 63.4 Å². The zero-order chi connectivity index (χ0) is 13.4. The average Bonchev–Trinajstić information content (AvgIpc) is 2.97. The molecule has 0 radical (unpaired) electrons. The van der Waals surface area contributed by atoms with E-state index in [1.54, 1.807) is 23.1 Å². The summed E-state index contributed by atoms with van der Waals surface area (Å²) in [7, 11) is 1.83. The molecule has 6 nitrogen and oxygen atoms in total. The highest BCUT2D eigenvalue weighted by atomic mass is 79.9. The summed E-state index contributed by atoms with van der Waals surface area (Å²) in [5.74, 6) is 0.431. The summed E-state index contributed by atoms with van der Waals surface area (Å²) >= 11 is 3.31. The molecule has 19 heavy (non-hydrogen) atoms. The van der Waals surface area contributed by atoms with Crippen molar-refractivity contribution in [3.63, 3.8) is 0 Å². The third kappa shape index (κ3) is 2.28. The van der Waals surface area contributed by atoms with Gasteiger partial charge in [-0.3, -0.25) is 9.48 Å². The van der Waals surface area contributed by atoms with Crippen LogP contribution in [-0.2, 0) is 11.8 Å². The van der Waals surface area contributed by atoms with E-state index in [9.17, 15) is 4.79 Å². The first kappa shape index (κ1) is 12.0. The fourth-order valence-electron chi connectivity index (χ4n) is 1.83. The molecule has 0 bridgehead atoms. The van der Waals surface area contributed by atoms with E-state index in [-0.39, 0.29) is 12.3 Å². The Morgan fingerprint density at radius 2 is 2.16 bits per heavy atom. The molecule has 0 unspecified atom stereocenters. The number of rotatable bonds is 2. The van der Waals surface area contributed by atoms with E-state index in [1.807, 2.05) is 19.3 Å². The summed E-state index contributed by atoms with van der Waals surface area (Å²) in [4.78, 5) is 16.2. The summed E-state index contributed by atoms with van der Waals surface area (Å²) < 4.78 is 2.54. The molecule has 0 spiro atoms. The second kappa shape index (κ2) is 4.58. The van der Waals surface area contributed by atoms with Crippen LogP contribution in [0.3, 0.4) is 0 Å². The van der Waals surface area contributed by atoms with Gasteiger partial charge in [0.25, 0.3) is 5.91 Å². The van der Waals surface area contributed by atoms with Crippen molar-refractivity contribution in [3.05, 3.63) is 40.8 Å². The Kier molecular flexibility index (Phi) is 2.90. The van der Waals surface area contributed by atoms with Crippen LogP contribution < -0.4 is 5.01 Å². The lowest BCUT2D eigenvalue weighted by Gasteiger charge is -2.09. The number of aromatic nitrogens is 3. The lowest BCUT2D eigenvalue weighted by molar-refractivity contribution is -0.116. The second-order valence-corrected chi connectivity index (χ2v) is 5.08. The minimum atomic E-state index is -0.0892. The Morgan fingerprint density at radius 1 is 1.32 bits per heavy atom. The van der Waals surface area contributed by atoms with Crippen molar-refractivity contribution >= 4 is 33.4 Å². The van der Waals surface area contributed by atoms with Gasteiger partial charge in [0.05, 0.1) is 18.3 Å². The molecule has 3 rings (SSSR count). The molecule has 1 aliphatic heterocycles. The fourth-order valence-corrected chi connectivity index (χ4v) is 2.07. The summed E-state index contributed by atoms with van der Waals surface area (Å²) in [6.45, 7) is 0. The maximum Gasteiger partial charge on any atom is 0.254 e. The predicted octanol–water partition coefficient (Wildman–Crippen LogP) is 1.72. The quantitative estimate of drug-likeness (QED) is 0.846. The van der Waals surface area contributed by atoms with E-state index in [0.717, 1.165) is 10.0 Å². The van der Waals surface area contributed by atoms with Crippen molar-refractivity contribution in [2.24, 2.45) is 12.1 Å². The van der Waals surface area contributed by atoms with E-state index in [1.165, 1.54) is 5.01 Å². The first-order valence-electron chi connectivity index (χ1n) is 5.64. The van der Waals surface area contributed by atoms with Gasteiger partial charge in [0.2, 0.25) is 0 Å². The number of nitrogens with zero attached hydrogens (tertiary/aromatic N) is 5. The van der Waals surface area contributed by atoms with Crippen molar-refractivity contribution in [1.82, 2.24) is 14.8 Å². The molecule has 0 saturated heterocycles. The molecule has 0 atom stereocenters. The summed E-state index contributed by atoms with van der Waals surface area (Å²) in [6, 6.07) is 3.57. The van der Waals surface area contributed by atoms with E-state index >= 15 is 0 Å². The van der Waals surface area contributed by atoms with Gasteiger partial charge in [-0.1, -0.05) is 0 Å². The molecule has 0 N–H and O–H groups in total. The second-order valence-electron chi connectivity index (χ2n) is 4.17. The Labute approximate surface area is 117 Å². The van der Waals surface area contributed by atoms with Crippen molar-refractivity contribution < 1.29 is 4.79 Å². The zero-order valence-corrected chi connectivity index (χ0v) is 11.7. The van der Waals surface area contributed by atoms with Crippen LogP contribution in [0.5, 0.6) is 0 Å². The van der Waals surface area contributed by atoms with Crippen molar-refractivity contribution in [1.29, 1.82) is 0 Å². The Morgan fingerprint density at radius 3 is 2.79 bits per heavy atom. The van der Waals surface area contributed by atoms with Crippen molar-refractivity contribution in [3.8, 4) is 0 Å². The van der Waals surface area contributed by atoms with Crippen LogP contribution in [0.1, 0.15) is 12.0 Å². The van der Waals surface area contributed by atoms with Gasteiger partial charge >= 0.3 is 0 Å². The minimum Gasteiger partial charge on any atom is -0.275 e. The normalized spacial score (nSPS) is 14.9. The number of hydrazone groups is 1. The third-order valence-corrected chi connectivity index (χ3v) is 3.21. The Bertz CT molecular complexity index is 661. The summed E-state index contributed by atoms with van der Waals surface area (Å²) in [6.07, 6.45) is 5.44. The van der Waals surface area contributed by atoms with Gasteiger partial charge in [0.1, 0.15) is 0 Å². The number of carbonyl (C=O) groups excluding carboxylic acids is 1. The highest BCUT2D eigenvalue weighted by Crippen LogP contribution is 2.21. The van der Waals surface area contributed by atoms with Crippen LogP contribution in [0.15, 0.2) is 40.3 Å². The number of hydrogen-bond donors (Lipinski definition) is 0. The summed E-state index contributed by atoms with van der Waals surface area (Å²) in [5, 5.41) is 9.73. The number of hydrogen-bond acceptors (Lipinski definition) is 4. The van der Waals surface area contributed by atoms with E-state index in [0.29, 0.717) is 11.5 Å². The molecule has 2 aromatic rings. The monoisotopic (exact) mass is 319 g/mol. The molecule has 1 amide bonds. The maximum atomic E-state index is 12.0. The number of carbonyl (C=O) groups is 1. The van der Waals surface area contributed by atoms with Gasteiger partial charge in [0.15, 0.2) is 5.82 Å². The van der Waals surface area contributed by atoms with Gasteiger partial charge < -0.3 is 0 Å². The molecule has 2 aromatic heterocycles. The maximum absolute atomic E-state index is 12.0. The van der Waals surface area contributed by atoms with Crippen molar-refractivity contribution in [2.75, 3.05) is 5.01 Å². The van der Waals surface area contributed by atoms with E-state index in [2.05, 4.69) is 31.1 Å². The number of halogens is 1. The highest BCUT2D eigenvalue weighted by molar-refractivity contribution is 9.10. The number of amides is 1. The van der Waals surface area contributed by atoms with E-state index in [4.69, 9.17) is 0 Å². The molecular weight excluding hydrogens is 310 g/mol. The predicted molar refractivity (Wildman–Crippen MR) is 73.8 cm³/mol. The Hall–Kier alpha value is -2.02. The van der Waals surface area contributed by atoms with E-state index < -0.39 is 0 Å². The largest absolute Gasteiger partial charge is 0.275 e. The molecule has 0 fully saturated rings.